The monoisotopic (exact) mass is 110 g/mol. The summed E-state index contributed by atoms with van der Waals surface area (Å²) in [6, 6.07) is 0. The first-order valence-electron chi connectivity index (χ1n) is 3.79. The molecule has 2 aliphatic rings. The van der Waals surface area contributed by atoms with Gasteiger partial charge in [-0.1, -0.05) is 13.8 Å². The Kier molecular flexibility index (Phi) is 0.778. The maximum absolute atomic E-state index is 2.42. The third-order valence-electron chi connectivity index (χ3n) is 3.22. The van der Waals surface area contributed by atoms with Gasteiger partial charge in [0.15, 0.2) is 0 Å². The summed E-state index contributed by atoms with van der Waals surface area (Å²) in [5, 5.41) is 0. The third-order valence-corrected chi connectivity index (χ3v) is 3.22. The predicted molar refractivity (Wildman–Crippen MR) is 34.5 cm³/mol. The standard InChI is InChI=1S/C8H14/c1-5-3-7-4-8(7)6(5)2/h5-8H,3-4H2,1-2H3/t5-,6-,7+,8+/m1/s1. The molecule has 8 heavy (non-hydrogen) atoms. The van der Waals surface area contributed by atoms with Crippen molar-refractivity contribution < 1.29 is 0 Å². The lowest BCUT2D eigenvalue weighted by Gasteiger charge is -2.10. The second-order valence-electron chi connectivity index (χ2n) is 3.73. The van der Waals surface area contributed by atoms with Gasteiger partial charge in [0, 0.05) is 0 Å². The summed E-state index contributed by atoms with van der Waals surface area (Å²) in [6.45, 7) is 4.82. The van der Waals surface area contributed by atoms with E-state index in [2.05, 4.69) is 13.8 Å². The van der Waals surface area contributed by atoms with E-state index in [0.717, 1.165) is 17.8 Å². The average Bonchev–Trinajstić information content (AvgIpc) is 2.39. The van der Waals surface area contributed by atoms with Crippen molar-refractivity contribution in [1.29, 1.82) is 0 Å². The van der Waals surface area contributed by atoms with Gasteiger partial charge in [-0.05, 0) is 36.5 Å². The first-order valence-corrected chi connectivity index (χ1v) is 3.79. The Labute approximate surface area is 51.3 Å². The first kappa shape index (κ1) is 4.84. The molecule has 0 spiro atoms. The van der Waals surface area contributed by atoms with Gasteiger partial charge in [0.25, 0.3) is 0 Å². The number of hydrogen-bond donors (Lipinski definition) is 0. The van der Waals surface area contributed by atoms with Gasteiger partial charge in [0.05, 0.1) is 0 Å². The van der Waals surface area contributed by atoms with E-state index >= 15 is 0 Å². The molecule has 0 amide bonds. The van der Waals surface area contributed by atoms with Crippen molar-refractivity contribution in [2.24, 2.45) is 23.7 Å². The lowest BCUT2D eigenvalue weighted by molar-refractivity contribution is 0.394. The van der Waals surface area contributed by atoms with Crippen molar-refractivity contribution in [3.63, 3.8) is 0 Å². The molecule has 0 bridgehead atoms. The maximum atomic E-state index is 2.42. The van der Waals surface area contributed by atoms with Crippen molar-refractivity contribution >= 4 is 0 Å². The topological polar surface area (TPSA) is 0 Å². The second-order valence-corrected chi connectivity index (χ2v) is 3.73. The van der Waals surface area contributed by atoms with Crippen LogP contribution >= 0.6 is 0 Å². The number of rotatable bonds is 0. The van der Waals surface area contributed by atoms with Crippen molar-refractivity contribution in [2.45, 2.75) is 26.7 Å². The largest absolute Gasteiger partial charge is 0.0622 e. The van der Waals surface area contributed by atoms with Gasteiger partial charge in [0.2, 0.25) is 0 Å². The van der Waals surface area contributed by atoms with Gasteiger partial charge in [-0.3, -0.25) is 0 Å². The van der Waals surface area contributed by atoms with Crippen LogP contribution in [0.1, 0.15) is 26.7 Å². The van der Waals surface area contributed by atoms with Crippen LogP contribution in [-0.4, -0.2) is 0 Å². The van der Waals surface area contributed by atoms with Crippen LogP contribution in [0.4, 0.5) is 0 Å². The third kappa shape index (κ3) is 0.463. The summed E-state index contributed by atoms with van der Waals surface area (Å²) in [6.07, 6.45) is 3.09. The molecule has 0 heteroatoms. The van der Waals surface area contributed by atoms with Crippen LogP contribution in [0.5, 0.6) is 0 Å². The smallest absolute Gasteiger partial charge is 0.0355 e. The molecule has 0 radical (unpaired) electrons. The Morgan fingerprint density at radius 2 is 1.88 bits per heavy atom. The second kappa shape index (κ2) is 1.29. The fourth-order valence-electron chi connectivity index (χ4n) is 2.30. The molecule has 4 atom stereocenters. The lowest BCUT2D eigenvalue weighted by Crippen LogP contribution is -2.02. The van der Waals surface area contributed by atoms with Crippen LogP contribution in [0.25, 0.3) is 0 Å². The molecule has 2 saturated carbocycles. The molecule has 2 fully saturated rings. The SMILES string of the molecule is C[C@H]1[C@@H]2C[C@@H]2C[C@H]1C. The predicted octanol–water partition coefficient (Wildman–Crippen LogP) is 2.30. The van der Waals surface area contributed by atoms with Crippen molar-refractivity contribution in [2.75, 3.05) is 0 Å². The maximum Gasteiger partial charge on any atom is -0.0355 e. The van der Waals surface area contributed by atoms with Gasteiger partial charge in [-0.25, -0.2) is 0 Å². The minimum absolute atomic E-state index is 1.04. The summed E-state index contributed by atoms with van der Waals surface area (Å²) >= 11 is 0. The molecular formula is C8H14. The number of hydrogen-bond acceptors (Lipinski definition) is 0. The average molecular weight is 110 g/mol. The molecule has 0 N–H and O–H groups in total. The Morgan fingerprint density at radius 1 is 1.12 bits per heavy atom. The van der Waals surface area contributed by atoms with E-state index < -0.39 is 0 Å². The highest BCUT2D eigenvalue weighted by Crippen LogP contribution is 2.57. The van der Waals surface area contributed by atoms with E-state index in [1.807, 2.05) is 0 Å². The molecule has 0 aromatic rings. The lowest BCUT2D eigenvalue weighted by atomic mass is 9.95. The van der Waals surface area contributed by atoms with Crippen LogP contribution in [0.3, 0.4) is 0 Å². The molecule has 0 aromatic heterocycles. The van der Waals surface area contributed by atoms with Crippen LogP contribution in [0.15, 0.2) is 0 Å². The molecule has 0 heterocycles. The Bertz CT molecular complexity index is 105. The summed E-state index contributed by atoms with van der Waals surface area (Å²) in [5.74, 6) is 4.42. The molecule has 0 aliphatic heterocycles. The van der Waals surface area contributed by atoms with Gasteiger partial charge in [0.1, 0.15) is 0 Å². The highest BCUT2D eigenvalue weighted by atomic mass is 14.5. The molecule has 0 saturated heterocycles. The zero-order valence-corrected chi connectivity index (χ0v) is 5.72. The van der Waals surface area contributed by atoms with E-state index in [4.69, 9.17) is 0 Å². The minimum Gasteiger partial charge on any atom is -0.0622 e. The highest BCUT2D eigenvalue weighted by molar-refractivity contribution is 4.98. The zero-order chi connectivity index (χ0) is 5.72. The normalized spacial score (nSPS) is 60.8. The molecule has 2 rings (SSSR count). The van der Waals surface area contributed by atoms with Gasteiger partial charge < -0.3 is 0 Å². The summed E-state index contributed by atoms with van der Waals surface area (Å²) < 4.78 is 0. The Hall–Kier alpha value is 0. The zero-order valence-electron chi connectivity index (χ0n) is 5.72. The summed E-state index contributed by atoms with van der Waals surface area (Å²) in [5.41, 5.74) is 0. The van der Waals surface area contributed by atoms with Crippen LogP contribution < -0.4 is 0 Å². The minimum atomic E-state index is 1.04. The highest BCUT2D eigenvalue weighted by Gasteiger charge is 2.49. The summed E-state index contributed by atoms with van der Waals surface area (Å²) in [4.78, 5) is 0. The molecule has 46 valence electrons. The number of fused-ring (bicyclic) bond motifs is 1. The van der Waals surface area contributed by atoms with E-state index in [9.17, 15) is 0 Å². The van der Waals surface area contributed by atoms with Crippen LogP contribution in [-0.2, 0) is 0 Å². The van der Waals surface area contributed by atoms with E-state index in [0.29, 0.717) is 0 Å². The molecule has 0 aromatic carbocycles. The van der Waals surface area contributed by atoms with Crippen LogP contribution in [0, 0.1) is 23.7 Å². The van der Waals surface area contributed by atoms with Crippen molar-refractivity contribution in [3.05, 3.63) is 0 Å². The van der Waals surface area contributed by atoms with Gasteiger partial charge >= 0.3 is 0 Å². The summed E-state index contributed by atoms with van der Waals surface area (Å²) in [7, 11) is 0. The Balaban J connectivity index is 2.08. The first-order chi connectivity index (χ1) is 3.79. The van der Waals surface area contributed by atoms with Crippen LogP contribution in [0.2, 0.25) is 0 Å². The van der Waals surface area contributed by atoms with Gasteiger partial charge in [-0.2, -0.15) is 0 Å². The van der Waals surface area contributed by atoms with Gasteiger partial charge in [-0.15, -0.1) is 0 Å². The molecule has 2 aliphatic carbocycles. The van der Waals surface area contributed by atoms with E-state index in [1.54, 1.807) is 6.42 Å². The fraction of sp³-hybridized carbons (Fsp3) is 1.00. The van der Waals surface area contributed by atoms with E-state index in [-0.39, 0.29) is 0 Å². The van der Waals surface area contributed by atoms with Crippen molar-refractivity contribution in [3.8, 4) is 0 Å². The molecule has 0 unspecified atom stereocenters. The Morgan fingerprint density at radius 3 is 2.12 bits per heavy atom. The molecular weight excluding hydrogens is 96.1 g/mol. The van der Waals surface area contributed by atoms with E-state index in [1.165, 1.54) is 12.3 Å². The fourth-order valence-corrected chi connectivity index (χ4v) is 2.30. The quantitative estimate of drug-likeness (QED) is 0.449. The molecule has 0 nitrogen and oxygen atoms in total. The van der Waals surface area contributed by atoms with Crippen molar-refractivity contribution in [1.82, 2.24) is 0 Å².